The molecule has 27 heavy (non-hydrogen) atoms. The molecular weight excluding hydrogens is 362 g/mol. The summed E-state index contributed by atoms with van der Waals surface area (Å²) >= 11 is 0. The van der Waals surface area contributed by atoms with Crippen LogP contribution in [-0.4, -0.2) is 23.4 Å². The number of allylic oxidation sites excluding steroid dienone is 1. The average Bonchev–Trinajstić information content (AvgIpc) is 3.02. The van der Waals surface area contributed by atoms with Crippen LogP contribution >= 0.6 is 0 Å². The maximum Gasteiger partial charge on any atom is 0.340 e. The summed E-state index contributed by atoms with van der Waals surface area (Å²) in [6.45, 7) is 8.09. The molecule has 1 heterocycles. The fraction of sp³-hybridized carbons (Fsp3) is 0.300. The molecule has 0 saturated carbocycles. The normalized spacial score (nSPS) is 13.1. The minimum Gasteiger partial charge on any atom is -0.358 e. The molecule has 0 unspecified atom stereocenters. The van der Waals surface area contributed by atoms with Gasteiger partial charge in [0.05, 0.1) is 5.52 Å². The van der Waals surface area contributed by atoms with Gasteiger partial charge in [-0.3, -0.25) is 0 Å². The van der Waals surface area contributed by atoms with Crippen molar-refractivity contribution in [3.63, 3.8) is 0 Å². The molecule has 6 nitrogen and oxygen atoms in total. The molecule has 7 heteroatoms. The molecule has 0 aliphatic carbocycles. The summed E-state index contributed by atoms with van der Waals surface area (Å²) < 4.78 is 32.5. The number of benzene rings is 2. The highest BCUT2D eigenvalue weighted by Gasteiger charge is 2.22. The maximum atomic E-state index is 12.8. The Hall–Kier alpha value is -2.67. The number of hydrogen-bond donors (Lipinski definition) is 0. The van der Waals surface area contributed by atoms with Gasteiger partial charge in [-0.1, -0.05) is 55.8 Å². The molecule has 0 amide bonds. The lowest BCUT2D eigenvalue weighted by Gasteiger charge is -2.17. The predicted molar refractivity (Wildman–Crippen MR) is 105 cm³/mol. The highest BCUT2D eigenvalue weighted by Crippen LogP contribution is 2.26. The van der Waals surface area contributed by atoms with Gasteiger partial charge in [-0.25, -0.2) is 0 Å². The summed E-state index contributed by atoms with van der Waals surface area (Å²) in [7, 11) is -4.00. The zero-order valence-corrected chi connectivity index (χ0v) is 16.7. The zero-order chi connectivity index (χ0) is 19.7. The van der Waals surface area contributed by atoms with E-state index < -0.39 is 10.1 Å². The summed E-state index contributed by atoms with van der Waals surface area (Å²) in [5, 5.41) is 8.19. The number of aromatic nitrogens is 3. The predicted octanol–water partition coefficient (Wildman–Crippen LogP) is 4.38. The van der Waals surface area contributed by atoms with Crippen LogP contribution in [0.5, 0.6) is 0 Å². The first-order valence-corrected chi connectivity index (χ1v) is 10.1. The molecule has 3 aromatic rings. The third-order valence-corrected chi connectivity index (χ3v) is 5.19. The van der Waals surface area contributed by atoms with Gasteiger partial charge in [-0.15, -0.1) is 5.10 Å². The Morgan fingerprint density at radius 1 is 1.11 bits per heavy atom. The van der Waals surface area contributed by atoms with Crippen molar-refractivity contribution in [2.75, 3.05) is 0 Å². The Bertz CT molecular complexity index is 1080. The molecule has 0 atom stereocenters. The quantitative estimate of drug-likeness (QED) is 0.481. The lowest BCUT2D eigenvalue weighted by molar-refractivity contribution is 0.404. The van der Waals surface area contributed by atoms with Crippen LogP contribution < -0.4 is 0 Å². The Kier molecular flexibility index (Phi) is 5.06. The molecule has 142 valence electrons. The van der Waals surface area contributed by atoms with E-state index in [-0.39, 0.29) is 16.2 Å². The Balaban J connectivity index is 2.04. The number of aryl methyl sites for hydroxylation is 1. The van der Waals surface area contributed by atoms with Crippen LogP contribution in [0, 0.1) is 12.3 Å². The molecule has 3 rings (SSSR count). The SMILES string of the molecule is Cc1ccc(S(=O)(=O)O/C(=C/CC(C)(C)C)n2nnc3ccccc32)cc1. The summed E-state index contributed by atoms with van der Waals surface area (Å²) in [6, 6.07) is 13.9. The number of nitrogens with zero attached hydrogens (tertiary/aromatic N) is 3. The van der Waals surface area contributed by atoms with Gasteiger partial charge in [0.2, 0.25) is 5.88 Å². The van der Waals surface area contributed by atoms with Crippen LogP contribution in [0.4, 0.5) is 0 Å². The first-order chi connectivity index (χ1) is 12.7. The maximum absolute atomic E-state index is 12.8. The molecule has 0 fully saturated rings. The van der Waals surface area contributed by atoms with Gasteiger partial charge >= 0.3 is 10.1 Å². The van der Waals surface area contributed by atoms with Gasteiger partial charge in [0.15, 0.2) is 0 Å². The van der Waals surface area contributed by atoms with Crippen molar-refractivity contribution in [1.82, 2.24) is 15.0 Å². The number of para-hydroxylation sites is 1. The second kappa shape index (κ2) is 7.15. The Morgan fingerprint density at radius 3 is 2.44 bits per heavy atom. The summed E-state index contributed by atoms with van der Waals surface area (Å²) in [4.78, 5) is 0.0965. The molecule has 0 radical (unpaired) electrons. The monoisotopic (exact) mass is 385 g/mol. The number of hydrogen-bond acceptors (Lipinski definition) is 5. The van der Waals surface area contributed by atoms with E-state index in [9.17, 15) is 8.42 Å². The van der Waals surface area contributed by atoms with E-state index in [1.807, 2.05) is 31.2 Å². The van der Waals surface area contributed by atoms with Crippen LogP contribution in [0.25, 0.3) is 16.9 Å². The second-order valence-electron chi connectivity index (χ2n) is 7.65. The molecule has 0 aliphatic rings. The summed E-state index contributed by atoms with van der Waals surface area (Å²) in [6.07, 6.45) is 2.35. The van der Waals surface area contributed by atoms with E-state index in [0.717, 1.165) is 5.56 Å². The molecule has 2 aromatic carbocycles. The van der Waals surface area contributed by atoms with Gasteiger partial charge in [-0.05, 0) is 49.1 Å². The van der Waals surface area contributed by atoms with E-state index in [0.29, 0.717) is 17.5 Å². The molecule has 0 spiro atoms. The third kappa shape index (κ3) is 4.54. The summed E-state index contributed by atoms with van der Waals surface area (Å²) in [5.41, 5.74) is 2.27. The lowest BCUT2D eigenvalue weighted by atomic mass is 9.92. The Labute approximate surface area is 159 Å². The van der Waals surface area contributed by atoms with Crippen molar-refractivity contribution in [3.05, 3.63) is 60.2 Å². The van der Waals surface area contributed by atoms with Crippen molar-refractivity contribution in [1.29, 1.82) is 0 Å². The van der Waals surface area contributed by atoms with Crippen LogP contribution in [0.2, 0.25) is 0 Å². The van der Waals surface area contributed by atoms with E-state index in [2.05, 4.69) is 31.1 Å². The van der Waals surface area contributed by atoms with E-state index in [4.69, 9.17) is 4.18 Å². The molecule has 0 bridgehead atoms. The minimum absolute atomic E-state index is 0.0430. The lowest BCUT2D eigenvalue weighted by Crippen LogP contribution is -2.12. The van der Waals surface area contributed by atoms with Crippen molar-refractivity contribution < 1.29 is 12.6 Å². The van der Waals surface area contributed by atoms with Crippen molar-refractivity contribution in [3.8, 4) is 0 Å². The molecule has 1 aromatic heterocycles. The van der Waals surface area contributed by atoms with Crippen molar-refractivity contribution in [2.45, 2.75) is 39.0 Å². The minimum atomic E-state index is -4.00. The van der Waals surface area contributed by atoms with Crippen molar-refractivity contribution >= 4 is 27.0 Å². The van der Waals surface area contributed by atoms with E-state index >= 15 is 0 Å². The molecular formula is C20H23N3O3S. The molecule has 0 N–H and O–H groups in total. The molecule has 0 aliphatic heterocycles. The first kappa shape index (κ1) is 19.1. The summed E-state index contributed by atoms with van der Waals surface area (Å²) in [5.74, 6) is 0.124. The number of fused-ring (bicyclic) bond motifs is 1. The average molecular weight is 385 g/mol. The van der Waals surface area contributed by atoms with Crippen LogP contribution in [0.1, 0.15) is 32.8 Å². The molecule has 0 saturated heterocycles. The first-order valence-electron chi connectivity index (χ1n) is 8.68. The van der Waals surface area contributed by atoms with Gasteiger partial charge in [0.1, 0.15) is 10.4 Å². The van der Waals surface area contributed by atoms with Crippen LogP contribution in [-0.2, 0) is 14.3 Å². The second-order valence-corrected chi connectivity index (χ2v) is 9.19. The highest BCUT2D eigenvalue weighted by molar-refractivity contribution is 7.87. The largest absolute Gasteiger partial charge is 0.358 e. The van der Waals surface area contributed by atoms with Gasteiger partial charge in [0.25, 0.3) is 0 Å². The topological polar surface area (TPSA) is 74.1 Å². The van der Waals surface area contributed by atoms with Crippen molar-refractivity contribution in [2.24, 2.45) is 5.41 Å². The van der Waals surface area contributed by atoms with Gasteiger partial charge in [-0.2, -0.15) is 13.1 Å². The van der Waals surface area contributed by atoms with Gasteiger partial charge < -0.3 is 4.18 Å². The number of rotatable bonds is 5. The van der Waals surface area contributed by atoms with E-state index in [1.54, 1.807) is 18.2 Å². The third-order valence-electron chi connectivity index (χ3n) is 3.95. The fourth-order valence-electron chi connectivity index (χ4n) is 2.45. The Morgan fingerprint density at radius 2 is 1.78 bits per heavy atom. The van der Waals surface area contributed by atoms with Crippen LogP contribution in [0.15, 0.2) is 59.5 Å². The standard InChI is InChI=1S/C20H23N3O3S/c1-15-9-11-16(12-10-15)27(24,25)26-19(13-14-20(2,3)4)23-18-8-6-5-7-17(18)21-22-23/h5-13H,14H2,1-4H3/b19-13+. The highest BCUT2D eigenvalue weighted by atomic mass is 32.2. The fourth-order valence-corrected chi connectivity index (χ4v) is 3.38. The van der Waals surface area contributed by atoms with Gasteiger partial charge in [0, 0.05) is 0 Å². The smallest absolute Gasteiger partial charge is 0.340 e. The zero-order valence-electron chi connectivity index (χ0n) is 15.9. The van der Waals surface area contributed by atoms with Crippen LogP contribution in [0.3, 0.4) is 0 Å². The van der Waals surface area contributed by atoms with E-state index in [1.165, 1.54) is 16.8 Å².